The fourth-order valence-electron chi connectivity index (χ4n) is 4.15. The van der Waals surface area contributed by atoms with Gasteiger partial charge in [-0.3, -0.25) is 9.36 Å². The maximum Gasteiger partial charge on any atom is 0.350 e. The molecule has 1 fully saturated rings. The van der Waals surface area contributed by atoms with Crippen molar-refractivity contribution in [2.45, 2.75) is 12.5 Å². The molecular weight excluding hydrogens is 680 g/mol. The molecule has 1 aromatic carbocycles. The van der Waals surface area contributed by atoms with E-state index in [4.69, 9.17) is 0 Å². The molecule has 5 rings (SSSR count). The summed E-state index contributed by atoms with van der Waals surface area (Å²) >= 11 is 9.46. The first-order chi connectivity index (χ1) is 19.1. The highest BCUT2D eigenvalue weighted by molar-refractivity contribution is 9.11. The van der Waals surface area contributed by atoms with Crippen molar-refractivity contribution in [3.8, 4) is 5.69 Å². The Balaban J connectivity index is 0.000000212. The second-order valence-electron chi connectivity index (χ2n) is 9.52. The monoisotopic (exact) mass is 708 g/mol. The van der Waals surface area contributed by atoms with Crippen molar-refractivity contribution in [2.75, 3.05) is 53.3 Å². The molecule has 1 atom stereocenters. The lowest BCUT2D eigenvalue weighted by atomic mass is 10.2. The highest BCUT2D eigenvalue weighted by atomic mass is 79.9. The Morgan fingerprint density at radius 2 is 1.77 bits per heavy atom. The summed E-state index contributed by atoms with van der Waals surface area (Å²) in [6.45, 7) is 2.11. The molecule has 0 saturated carbocycles. The number of hydrogen-bond acceptors (Lipinski definition) is 9. The van der Waals surface area contributed by atoms with E-state index < -0.39 is 0 Å². The Bertz CT molecular complexity index is 1560. The van der Waals surface area contributed by atoms with Gasteiger partial charge in [0, 0.05) is 38.9 Å². The van der Waals surface area contributed by atoms with Gasteiger partial charge in [0.1, 0.15) is 15.9 Å². The van der Waals surface area contributed by atoms with Gasteiger partial charge in [-0.05, 0) is 88.8 Å². The van der Waals surface area contributed by atoms with Crippen LogP contribution in [0.2, 0.25) is 0 Å². The Morgan fingerprint density at radius 1 is 1.10 bits per heavy atom. The quantitative estimate of drug-likeness (QED) is 0.141. The zero-order valence-electron chi connectivity index (χ0n) is 22.8. The van der Waals surface area contributed by atoms with Crippen LogP contribution in [0.3, 0.4) is 0 Å². The topological polar surface area (TPSA) is 83.3 Å². The van der Waals surface area contributed by atoms with Crippen LogP contribution in [0.5, 0.6) is 0 Å². The molecule has 212 valence electrons. The second-order valence-corrected chi connectivity index (χ2v) is 14.4. The van der Waals surface area contributed by atoms with Crippen molar-refractivity contribution in [3.05, 3.63) is 65.5 Å². The number of fused-ring (bicyclic) bond motifs is 1. The zero-order chi connectivity index (χ0) is 29.0. The third-order valence-electron chi connectivity index (χ3n) is 6.28. The molecule has 0 N–H and O–H groups in total. The van der Waals surface area contributed by atoms with Gasteiger partial charge in [0.05, 0.1) is 37.9 Å². The normalized spacial score (nSPS) is 15.1. The van der Waals surface area contributed by atoms with Crippen LogP contribution in [-0.2, 0) is 4.74 Å². The minimum atomic E-state index is -0.364. The lowest BCUT2D eigenvalue weighted by Gasteiger charge is -2.22. The number of rotatable bonds is 6. The maximum absolute atomic E-state index is 12.7. The molecule has 4 heterocycles. The van der Waals surface area contributed by atoms with E-state index in [9.17, 15) is 9.59 Å². The van der Waals surface area contributed by atoms with Crippen LogP contribution in [-0.4, -0.2) is 86.1 Å². The summed E-state index contributed by atoms with van der Waals surface area (Å²) in [5, 5.41) is 0. The molecule has 13 heteroatoms. The van der Waals surface area contributed by atoms with E-state index >= 15 is 0 Å². The fourth-order valence-corrected chi connectivity index (χ4v) is 7.07. The van der Waals surface area contributed by atoms with Crippen molar-refractivity contribution in [3.63, 3.8) is 0 Å². The molecule has 1 saturated heterocycles. The molecule has 1 aliphatic rings. The van der Waals surface area contributed by atoms with E-state index in [2.05, 4.69) is 82.6 Å². The number of benzene rings is 1. The van der Waals surface area contributed by atoms with Gasteiger partial charge in [0.2, 0.25) is 0 Å². The SMILES string of the molecule is CN(C)[C@@H]1CCN(c2ccc(-n3cnc4cc(Br)sc4c3=O)cc2)C1.COC(=O)c1sc(Br)cc1N=CN(C)C. The highest BCUT2D eigenvalue weighted by Crippen LogP contribution is 2.33. The Kier molecular flexibility index (Phi) is 10.2. The number of halogens is 2. The number of hydrogen-bond donors (Lipinski definition) is 0. The molecule has 3 aromatic heterocycles. The minimum Gasteiger partial charge on any atom is -0.465 e. The average Bonchev–Trinajstić information content (AvgIpc) is 3.66. The first-order valence-corrected chi connectivity index (χ1v) is 15.6. The standard InChI is InChI=1S/C18H19BrN4OS.C9H11BrN2O2S/c1-21(2)14-7-8-22(10-14)12-3-5-13(6-4-12)23-11-20-15-9-16(19)25-17(15)18(23)24;1-12(2)5-11-6-4-7(10)15-8(6)9(13)14-3/h3-6,9,11,14H,7-8,10H2,1-2H3;4-5H,1-3H3/t14-;/m1./s1. The highest BCUT2D eigenvalue weighted by Gasteiger charge is 2.24. The summed E-state index contributed by atoms with van der Waals surface area (Å²) in [5.41, 5.74) is 3.38. The number of anilines is 1. The molecule has 9 nitrogen and oxygen atoms in total. The molecule has 0 amide bonds. The molecule has 0 aliphatic carbocycles. The predicted octanol–water partition coefficient (Wildman–Crippen LogP) is 5.87. The fraction of sp³-hybridized carbons (Fsp3) is 0.333. The Morgan fingerprint density at radius 3 is 2.40 bits per heavy atom. The van der Waals surface area contributed by atoms with Crippen LogP contribution in [0.4, 0.5) is 11.4 Å². The number of nitrogens with zero attached hydrogens (tertiary/aromatic N) is 6. The number of aromatic nitrogens is 2. The third kappa shape index (κ3) is 7.19. The van der Waals surface area contributed by atoms with Crippen LogP contribution >= 0.6 is 54.5 Å². The molecule has 40 heavy (non-hydrogen) atoms. The van der Waals surface area contributed by atoms with E-state index in [-0.39, 0.29) is 11.5 Å². The summed E-state index contributed by atoms with van der Waals surface area (Å²) in [5.74, 6) is -0.364. The maximum atomic E-state index is 12.7. The Hall–Kier alpha value is -2.58. The van der Waals surface area contributed by atoms with Crippen LogP contribution in [0.15, 0.2) is 60.1 Å². The van der Waals surface area contributed by atoms with E-state index in [0.717, 1.165) is 31.9 Å². The molecule has 4 aromatic rings. The van der Waals surface area contributed by atoms with Crippen molar-refractivity contribution in [2.24, 2.45) is 4.99 Å². The second kappa shape index (κ2) is 13.4. The summed E-state index contributed by atoms with van der Waals surface area (Å²) in [6, 6.07) is 12.4. The van der Waals surface area contributed by atoms with Gasteiger partial charge in [-0.25, -0.2) is 14.8 Å². The lowest BCUT2D eigenvalue weighted by Crippen LogP contribution is -2.31. The Labute approximate surface area is 258 Å². The molecule has 0 radical (unpaired) electrons. The van der Waals surface area contributed by atoms with Gasteiger partial charge >= 0.3 is 5.97 Å². The largest absolute Gasteiger partial charge is 0.465 e. The van der Waals surface area contributed by atoms with Gasteiger partial charge in [-0.2, -0.15) is 0 Å². The lowest BCUT2D eigenvalue weighted by molar-refractivity contribution is 0.0607. The molecular formula is C27H30Br2N6O3S2. The van der Waals surface area contributed by atoms with E-state index in [1.807, 2.05) is 32.3 Å². The third-order valence-corrected chi connectivity index (χ3v) is 9.50. The van der Waals surface area contributed by atoms with Crippen LogP contribution < -0.4 is 10.5 Å². The van der Waals surface area contributed by atoms with Crippen LogP contribution in [0.25, 0.3) is 15.9 Å². The number of likely N-dealkylation sites (N-methyl/N-ethyl adjacent to an activating group) is 1. The molecule has 0 unspecified atom stereocenters. The molecule has 0 spiro atoms. The summed E-state index contributed by atoms with van der Waals surface area (Å²) in [7, 11) is 9.35. The van der Waals surface area contributed by atoms with Crippen molar-refractivity contribution >= 4 is 88.4 Å². The number of thiophene rings is 2. The van der Waals surface area contributed by atoms with Gasteiger partial charge in [0.15, 0.2) is 0 Å². The van der Waals surface area contributed by atoms with Crippen molar-refractivity contribution < 1.29 is 9.53 Å². The average molecular weight is 711 g/mol. The van der Waals surface area contributed by atoms with Crippen molar-refractivity contribution in [1.82, 2.24) is 19.4 Å². The van der Waals surface area contributed by atoms with Crippen molar-refractivity contribution in [1.29, 1.82) is 0 Å². The first kappa shape index (κ1) is 30.4. The smallest absolute Gasteiger partial charge is 0.350 e. The van der Waals surface area contributed by atoms with Gasteiger partial charge < -0.3 is 19.4 Å². The summed E-state index contributed by atoms with van der Waals surface area (Å²) in [6.07, 6.45) is 4.43. The van der Waals surface area contributed by atoms with E-state index in [0.29, 0.717) is 21.3 Å². The van der Waals surface area contributed by atoms with Crippen LogP contribution in [0.1, 0.15) is 16.1 Å². The summed E-state index contributed by atoms with van der Waals surface area (Å²) < 4.78 is 8.72. The minimum absolute atomic E-state index is 0.0257. The number of esters is 1. The molecule has 0 bridgehead atoms. The predicted molar refractivity (Wildman–Crippen MR) is 172 cm³/mol. The van der Waals surface area contributed by atoms with Gasteiger partial charge in [-0.1, -0.05) is 0 Å². The zero-order valence-corrected chi connectivity index (χ0v) is 27.6. The first-order valence-electron chi connectivity index (χ1n) is 12.3. The van der Waals surface area contributed by atoms with Gasteiger partial charge in [0.25, 0.3) is 5.56 Å². The number of carbonyl (C=O) groups excluding carboxylic acids is 1. The van der Waals surface area contributed by atoms with E-state index in [1.165, 1.54) is 41.9 Å². The van der Waals surface area contributed by atoms with Crippen LogP contribution in [0, 0.1) is 0 Å². The van der Waals surface area contributed by atoms with Gasteiger partial charge in [-0.15, -0.1) is 22.7 Å². The number of methoxy groups -OCH3 is 1. The number of aliphatic imine (C=N–C) groups is 1. The molecule has 1 aliphatic heterocycles. The van der Waals surface area contributed by atoms with E-state index in [1.54, 1.807) is 28.2 Å². The number of ether oxygens (including phenoxy) is 1. The number of carbonyl (C=O) groups is 1. The summed E-state index contributed by atoms with van der Waals surface area (Å²) in [4.78, 5) is 39.6.